The van der Waals surface area contributed by atoms with Crippen LogP contribution in [0.1, 0.15) is 62.1 Å². The molecule has 1 aliphatic carbocycles. The van der Waals surface area contributed by atoms with Gasteiger partial charge in [0.05, 0.1) is 23.2 Å². The number of amides is 1. The van der Waals surface area contributed by atoms with Crippen LogP contribution in [0.15, 0.2) is 18.2 Å². The van der Waals surface area contributed by atoms with Gasteiger partial charge in [-0.25, -0.2) is 4.98 Å². The number of carbonyl (C=O) groups is 1. The highest BCUT2D eigenvalue weighted by Crippen LogP contribution is 2.23. The molecule has 1 aromatic carbocycles. The summed E-state index contributed by atoms with van der Waals surface area (Å²) in [6, 6.07) is 6.00. The third kappa shape index (κ3) is 4.62. The van der Waals surface area contributed by atoms with Crippen molar-refractivity contribution in [1.29, 1.82) is 0 Å². The number of benzene rings is 1. The quantitative estimate of drug-likeness (QED) is 0.709. The number of primary amides is 1. The monoisotopic (exact) mass is 358 g/mol. The number of carbonyl (C=O) groups excluding carboxylic acids is 1. The van der Waals surface area contributed by atoms with E-state index in [1.165, 1.54) is 32.1 Å². The number of rotatable bonds is 7. The first-order valence-corrected chi connectivity index (χ1v) is 9.55. The standard InChI is InChI=1S/C20H30N4O2/c1-20(2,26)13-24-17-9-8-15(10-16(17)23-19(24)18(21)25)12-22-11-14-6-4-3-5-7-14/h8-10,14,22,26H,3-7,11-13H2,1-2H3,(H2,21,25). The fraction of sp³-hybridized carbons (Fsp3) is 0.600. The zero-order valence-corrected chi connectivity index (χ0v) is 15.8. The number of nitrogens with two attached hydrogens (primary N) is 1. The summed E-state index contributed by atoms with van der Waals surface area (Å²) in [6.45, 7) is 5.51. The Morgan fingerprint density at radius 2 is 2.08 bits per heavy atom. The van der Waals surface area contributed by atoms with Crippen LogP contribution < -0.4 is 11.1 Å². The van der Waals surface area contributed by atoms with E-state index in [4.69, 9.17) is 5.73 Å². The number of nitrogens with zero attached hydrogens (tertiary/aromatic N) is 2. The van der Waals surface area contributed by atoms with E-state index in [1.807, 2.05) is 18.2 Å². The lowest BCUT2D eigenvalue weighted by molar-refractivity contribution is 0.0614. The van der Waals surface area contributed by atoms with Gasteiger partial charge < -0.3 is 20.7 Å². The van der Waals surface area contributed by atoms with Crippen molar-refractivity contribution in [3.05, 3.63) is 29.6 Å². The van der Waals surface area contributed by atoms with Crippen LogP contribution in [-0.4, -0.2) is 32.7 Å². The minimum Gasteiger partial charge on any atom is -0.389 e. The van der Waals surface area contributed by atoms with Gasteiger partial charge >= 0.3 is 0 Å². The lowest BCUT2D eigenvalue weighted by atomic mass is 9.89. The molecule has 1 heterocycles. The van der Waals surface area contributed by atoms with Gasteiger partial charge in [0.2, 0.25) is 0 Å². The third-order valence-corrected chi connectivity index (χ3v) is 5.06. The molecule has 2 aromatic rings. The molecule has 1 saturated carbocycles. The van der Waals surface area contributed by atoms with Gasteiger partial charge in [0.25, 0.3) is 5.91 Å². The number of imidazole rings is 1. The molecule has 1 fully saturated rings. The Morgan fingerprint density at radius 3 is 2.73 bits per heavy atom. The number of aromatic nitrogens is 2. The highest BCUT2D eigenvalue weighted by Gasteiger charge is 2.21. The summed E-state index contributed by atoms with van der Waals surface area (Å²) >= 11 is 0. The van der Waals surface area contributed by atoms with E-state index in [9.17, 15) is 9.90 Å². The first-order valence-electron chi connectivity index (χ1n) is 9.55. The van der Waals surface area contributed by atoms with Crippen LogP contribution in [0.4, 0.5) is 0 Å². The molecule has 0 spiro atoms. The van der Waals surface area contributed by atoms with Crippen LogP contribution in [0.25, 0.3) is 11.0 Å². The van der Waals surface area contributed by atoms with Crippen LogP contribution in [0.3, 0.4) is 0 Å². The molecular weight excluding hydrogens is 328 g/mol. The lowest BCUT2D eigenvalue weighted by Crippen LogP contribution is -2.29. The van der Waals surface area contributed by atoms with E-state index in [-0.39, 0.29) is 12.4 Å². The zero-order valence-electron chi connectivity index (χ0n) is 15.8. The van der Waals surface area contributed by atoms with Crippen molar-refractivity contribution in [3.8, 4) is 0 Å². The van der Waals surface area contributed by atoms with Gasteiger partial charge in [-0.05, 0) is 56.8 Å². The van der Waals surface area contributed by atoms with Crippen LogP contribution in [0, 0.1) is 5.92 Å². The maximum absolute atomic E-state index is 11.8. The molecule has 1 amide bonds. The number of hydrogen-bond acceptors (Lipinski definition) is 4. The molecule has 142 valence electrons. The van der Waals surface area contributed by atoms with Gasteiger partial charge in [0, 0.05) is 6.54 Å². The van der Waals surface area contributed by atoms with Crippen LogP contribution in [-0.2, 0) is 13.1 Å². The molecule has 0 aliphatic heterocycles. The fourth-order valence-electron chi connectivity index (χ4n) is 3.83. The average Bonchev–Trinajstić information content (AvgIpc) is 2.92. The second-order valence-corrected chi connectivity index (χ2v) is 8.16. The second-order valence-electron chi connectivity index (χ2n) is 8.16. The molecule has 26 heavy (non-hydrogen) atoms. The number of nitrogens with one attached hydrogen (secondary N) is 1. The molecule has 1 aliphatic rings. The molecule has 0 bridgehead atoms. The van der Waals surface area contributed by atoms with Crippen molar-refractivity contribution in [2.75, 3.05) is 6.54 Å². The third-order valence-electron chi connectivity index (χ3n) is 5.06. The first-order chi connectivity index (χ1) is 12.3. The van der Waals surface area contributed by atoms with E-state index in [2.05, 4.69) is 10.3 Å². The maximum Gasteiger partial charge on any atom is 0.284 e. The maximum atomic E-state index is 11.8. The Bertz CT molecular complexity index is 770. The molecule has 3 rings (SSSR count). The van der Waals surface area contributed by atoms with Gasteiger partial charge in [-0.1, -0.05) is 25.3 Å². The van der Waals surface area contributed by atoms with E-state index < -0.39 is 11.5 Å². The van der Waals surface area contributed by atoms with E-state index >= 15 is 0 Å². The summed E-state index contributed by atoms with van der Waals surface area (Å²) in [5.74, 6) is 0.400. The van der Waals surface area contributed by atoms with Crippen molar-refractivity contribution in [1.82, 2.24) is 14.9 Å². The molecule has 4 N–H and O–H groups in total. The summed E-state index contributed by atoms with van der Waals surface area (Å²) in [5, 5.41) is 13.7. The summed E-state index contributed by atoms with van der Waals surface area (Å²) < 4.78 is 1.71. The summed E-state index contributed by atoms with van der Waals surface area (Å²) in [5.41, 5.74) is 7.21. The topological polar surface area (TPSA) is 93.2 Å². The molecule has 0 atom stereocenters. The van der Waals surface area contributed by atoms with Gasteiger partial charge in [-0.3, -0.25) is 4.79 Å². The van der Waals surface area contributed by atoms with Crippen molar-refractivity contribution in [2.24, 2.45) is 11.7 Å². The highest BCUT2D eigenvalue weighted by atomic mass is 16.3. The smallest absolute Gasteiger partial charge is 0.284 e. The molecule has 0 unspecified atom stereocenters. The van der Waals surface area contributed by atoms with Gasteiger partial charge in [0.15, 0.2) is 5.82 Å². The molecule has 6 nitrogen and oxygen atoms in total. The van der Waals surface area contributed by atoms with Gasteiger partial charge in [-0.2, -0.15) is 0 Å². The summed E-state index contributed by atoms with van der Waals surface area (Å²) in [7, 11) is 0. The number of hydrogen-bond donors (Lipinski definition) is 3. The molecule has 0 radical (unpaired) electrons. The largest absolute Gasteiger partial charge is 0.389 e. The molecule has 1 aromatic heterocycles. The minimum atomic E-state index is -0.960. The Morgan fingerprint density at radius 1 is 1.35 bits per heavy atom. The van der Waals surface area contributed by atoms with E-state index in [0.29, 0.717) is 0 Å². The van der Waals surface area contributed by atoms with Crippen LogP contribution in [0.5, 0.6) is 0 Å². The number of aliphatic hydroxyl groups is 1. The number of fused-ring (bicyclic) bond motifs is 1. The Labute approximate surface area is 154 Å². The van der Waals surface area contributed by atoms with Crippen molar-refractivity contribution in [2.45, 2.75) is 64.6 Å². The first kappa shape index (κ1) is 18.9. The van der Waals surface area contributed by atoms with Crippen molar-refractivity contribution < 1.29 is 9.90 Å². The Hall–Kier alpha value is -1.92. The van der Waals surface area contributed by atoms with Crippen molar-refractivity contribution in [3.63, 3.8) is 0 Å². The van der Waals surface area contributed by atoms with Gasteiger partial charge in [-0.15, -0.1) is 0 Å². The predicted molar refractivity (Wildman–Crippen MR) is 103 cm³/mol. The van der Waals surface area contributed by atoms with Gasteiger partial charge in [0.1, 0.15) is 0 Å². The fourth-order valence-corrected chi connectivity index (χ4v) is 3.83. The minimum absolute atomic E-state index is 0.189. The second kappa shape index (κ2) is 7.76. The SMILES string of the molecule is CC(C)(O)Cn1c(C(N)=O)nc2cc(CNCC3CCCCC3)ccc21. The zero-order chi connectivity index (χ0) is 18.7. The highest BCUT2D eigenvalue weighted by molar-refractivity contribution is 5.93. The Balaban J connectivity index is 1.74. The lowest BCUT2D eigenvalue weighted by Gasteiger charge is -2.21. The average molecular weight is 358 g/mol. The summed E-state index contributed by atoms with van der Waals surface area (Å²) in [4.78, 5) is 16.2. The molecular formula is C20H30N4O2. The van der Waals surface area contributed by atoms with Crippen LogP contribution in [0.2, 0.25) is 0 Å². The molecule has 6 heteroatoms. The predicted octanol–water partition coefficient (Wildman–Crippen LogP) is 2.58. The van der Waals surface area contributed by atoms with E-state index in [1.54, 1.807) is 18.4 Å². The normalized spacial score (nSPS) is 16.3. The van der Waals surface area contributed by atoms with E-state index in [0.717, 1.165) is 35.6 Å². The molecule has 0 saturated heterocycles. The van der Waals surface area contributed by atoms with Crippen LogP contribution >= 0.6 is 0 Å². The Kier molecular flexibility index (Phi) is 5.63. The van der Waals surface area contributed by atoms with Crippen molar-refractivity contribution >= 4 is 16.9 Å². The summed E-state index contributed by atoms with van der Waals surface area (Å²) in [6.07, 6.45) is 6.74.